The van der Waals surface area contributed by atoms with Crippen LogP contribution < -0.4 is 10.2 Å². The lowest BCUT2D eigenvalue weighted by atomic mass is 10.1. The van der Waals surface area contributed by atoms with Crippen LogP contribution in [0.1, 0.15) is 29.1 Å². The number of anilines is 1. The molecular weight excluding hydrogens is 370 g/mol. The maximum Gasteiger partial charge on any atom is 0.269 e. The zero-order valence-electron chi connectivity index (χ0n) is 13.5. The summed E-state index contributed by atoms with van der Waals surface area (Å²) < 4.78 is 6.98. The highest BCUT2D eigenvalue weighted by Crippen LogP contribution is 2.27. The first-order valence-electron chi connectivity index (χ1n) is 8.03. The Kier molecular flexibility index (Phi) is 5.48. The van der Waals surface area contributed by atoms with Gasteiger partial charge in [0.05, 0.1) is 6.61 Å². The zero-order valence-corrected chi connectivity index (χ0v) is 15.1. The number of rotatable bonds is 4. The maximum atomic E-state index is 12.0. The number of halogens is 1. The molecule has 0 bridgehead atoms. The summed E-state index contributed by atoms with van der Waals surface area (Å²) in [6.45, 7) is 4.69. The molecule has 0 saturated carbocycles. The van der Waals surface area contributed by atoms with Crippen molar-refractivity contribution < 1.29 is 9.53 Å². The number of carbonyl (C=O) groups is 1. The summed E-state index contributed by atoms with van der Waals surface area (Å²) in [5.41, 5.74) is 2.60. The van der Waals surface area contributed by atoms with E-state index in [-0.39, 0.29) is 12.0 Å². The third-order valence-electron chi connectivity index (χ3n) is 3.99. The molecule has 1 saturated heterocycles. The number of amides is 1. The third-order valence-corrected chi connectivity index (χ3v) is 4.52. The van der Waals surface area contributed by atoms with Gasteiger partial charge in [-0.15, -0.1) is 0 Å². The zero-order chi connectivity index (χ0) is 16.9. The van der Waals surface area contributed by atoms with Gasteiger partial charge in [-0.25, -0.2) is 0 Å². The predicted octanol–water partition coefficient (Wildman–Crippen LogP) is 3.17. The van der Waals surface area contributed by atoms with Crippen LogP contribution in [0, 0.1) is 0 Å². The molecule has 1 aromatic heterocycles. The van der Waals surface area contributed by atoms with Gasteiger partial charge in [-0.2, -0.15) is 0 Å². The molecule has 5 nitrogen and oxygen atoms in total. The minimum absolute atomic E-state index is 0.0212. The molecule has 2 heterocycles. The SMILES string of the molecule is CCNC(=O)c1cc(N2CCOC(c3ccc(Br)cc3)C2)ccn1. The molecule has 24 heavy (non-hydrogen) atoms. The van der Waals surface area contributed by atoms with E-state index in [1.807, 2.05) is 31.2 Å². The minimum atomic E-state index is -0.142. The number of hydrogen-bond donors (Lipinski definition) is 1. The highest BCUT2D eigenvalue weighted by Gasteiger charge is 2.23. The normalized spacial score (nSPS) is 17.6. The van der Waals surface area contributed by atoms with E-state index in [9.17, 15) is 4.79 Å². The van der Waals surface area contributed by atoms with E-state index in [0.29, 0.717) is 18.8 Å². The molecule has 0 radical (unpaired) electrons. The molecule has 1 N–H and O–H groups in total. The number of morpholine rings is 1. The van der Waals surface area contributed by atoms with Crippen LogP contribution in [0.15, 0.2) is 47.1 Å². The van der Waals surface area contributed by atoms with Gasteiger partial charge in [0.15, 0.2) is 0 Å². The molecule has 2 aromatic rings. The Morgan fingerprint density at radius 1 is 1.38 bits per heavy atom. The standard InChI is InChI=1S/C18H20BrN3O2/c1-2-20-18(23)16-11-15(7-8-21-16)22-9-10-24-17(12-22)13-3-5-14(19)6-4-13/h3-8,11,17H,2,9-10,12H2,1H3,(H,20,23). The van der Waals surface area contributed by atoms with Crippen molar-refractivity contribution in [3.63, 3.8) is 0 Å². The van der Waals surface area contributed by atoms with Crippen LogP contribution in [-0.2, 0) is 4.74 Å². The maximum absolute atomic E-state index is 12.0. The fourth-order valence-corrected chi connectivity index (χ4v) is 3.02. The Bertz CT molecular complexity index is 706. The number of ether oxygens (including phenoxy) is 1. The van der Waals surface area contributed by atoms with Gasteiger partial charge in [-0.1, -0.05) is 28.1 Å². The molecule has 1 aliphatic heterocycles. The number of nitrogens with zero attached hydrogens (tertiary/aromatic N) is 2. The first kappa shape index (κ1) is 16.9. The van der Waals surface area contributed by atoms with Crippen molar-refractivity contribution in [1.29, 1.82) is 0 Å². The highest BCUT2D eigenvalue weighted by molar-refractivity contribution is 9.10. The van der Waals surface area contributed by atoms with Crippen LogP contribution in [-0.4, -0.2) is 37.1 Å². The van der Waals surface area contributed by atoms with Crippen molar-refractivity contribution in [2.75, 3.05) is 31.1 Å². The van der Waals surface area contributed by atoms with Gasteiger partial charge in [-0.05, 0) is 36.8 Å². The van der Waals surface area contributed by atoms with E-state index in [1.165, 1.54) is 0 Å². The van der Waals surface area contributed by atoms with Crippen LogP contribution in [0.3, 0.4) is 0 Å². The number of benzene rings is 1. The average Bonchev–Trinajstić information content (AvgIpc) is 2.63. The summed E-state index contributed by atoms with van der Waals surface area (Å²) in [6.07, 6.45) is 1.71. The molecule has 1 amide bonds. The Labute approximate surface area is 150 Å². The van der Waals surface area contributed by atoms with Gasteiger partial charge in [0.2, 0.25) is 0 Å². The summed E-state index contributed by atoms with van der Waals surface area (Å²) in [6, 6.07) is 12.0. The van der Waals surface area contributed by atoms with Gasteiger partial charge < -0.3 is 15.0 Å². The molecule has 0 aliphatic carbocycles. The molecule has 0 spiro atoms. The number of aromatic nitrogens is 1. The monoisotopic (exact) mass is 389 g/mol. The number of nitrogens with one attached hydrogen (secondary N) is 1. The Hall–Kier alpha value is -1.92. The topological polar surface area (TPSA) is 54.5 Å². The van der Waals surface area contributed by atoms with E-state index in [1.54, 1.807) is 6.20 Å². The van der Waals surface area contributed by atoms with Gasteiger partial charge >= 0.3 is 0 Å². The predicted molar refractivity (Wildman–Crippen MR) is 97.3 cm³/mol. The highest BCUT2D eigenvalue weighted by atomic mass is 79.9. The quantitative estimate of drug-likeness (QED) is 0.872. The van der Waals surface area contributed by atoms with E-state index in [4.69, 9.17) is 4.74 Å². The van der Waals surface area contributed by atoms with Crippen LogP contribution in [0.2, 0.25) is 0 Å². The summed E-state index contributed by atoms with van der Waals surface area (Å²) in [7, 11) is 0. The molecule has 1 atom stereocenters. The second-order valence-corrected chi connectivity index (χ2v) is 6.53. The number of hydrogen-bond acceptors (Lipinski definition) is 4. The largest absolute Gasteiger partial charge is 0.370 e. The van der Waals surface area contributed by atoms with Gasteiger partial charge in [-0.3, -0.25) is 9.78 Å². The molecule has 6 heteroatoms. The van der Waals surface area contributed by atoms with Gasteiger partial charge in [0, 0.05) is 36.0 Å². The van der Waals surface area contributed by atoms with Crippen LogP contribution in [0.5, 0.6) is 0 Å². The van der Waals surface area contributed by atoms with E-state index in [0.717, 1.165) is 28.8 Å². The first-order chi connectivity index (χ1) is 11.7. The van der Waals surface area contributed by atoms with Crippen molar-refractivity contribution in [2.24, 2.45) is 0 Å². The lowest BCUT2D eigenvalue weighted by Crippen LogP contribution is -2.38. The summed E-state index contributed by atoms with van der Waals surface area (Å²) >= 11 is 3.46. The lowest BCUT2D eigenvalue weighted by Gasteiger charge is -2.34. The lowest BCUT2D eigenvalue weighted by molar-refractivity contribution is 0.0398. The van der Waals surface area contributed by atoms with Crippen molar-refractivity contribution in [3.05, 3.63) is 58.3 Å². The Morgan fingerprint density at radius 3 is 2.92 bits per heavy atom. The molecule has 1 fully saturated rings. The average molecular weight is 390 g/mol. The first-order valence-corrected chi connectivity index (χ1v) is 8.83. The molecule has 1 aliphatic rings. The van der Waals surface area contributed by atoms with E-state index < -0.39 is 0 Å². The molecular formula is C18H20BrN3O2. The number of carbonyl (C=O) groups excluding carboxylic acids is 1. The number of pyridine rings is 1. The molecule has 126 valence electrons. The second-order valence-electron chi connectivity index (χ2n) is 5.62. The molecule has 1 aromatic carbocycles. The smallest absolute Gasteiger partial charge is 0.269 e. The fraction of sp³-hybridized carbons (Fsp3) is 0.333. The second kappa shape index (κ2) is 7.77. The Balaban J connectivity index is 1.76. The van der Waals surface area contributed by atoms with E-state index in [2.05, 4.69) is 43.3 Å². The molecule has 3 rings (SSSR count). The third kappa shape index (κ3) is 3.94. The van der Waals surface area contributed by atoms with Crippen molar-refractivity contribution in [3.8, 4) is 0 Å². The summed E-state index contributed by atoms with van der Waals surface area (Å²) in [4.78, 5) is 18.4. The summed E-state index contributed by atoms with van der Waals surface area (Å²) in [5, 5.41) is 2.78. The van der Waals surface area contributed by atoms with Gasteiger partial charge in [0.25, 0.3) is 5.91 Å². The van der Waals surface area contributed by atoms with Crippen LogP contribution in [0.4, 0.5) is 5.69 Å². The van der Waals surface area contributed by atoms with Crippen molar-refractivity contribution in [2.45, 2.75) is 13.0 Å². The van der Waals surface area contributed by atoms with Crippen LogP contribution in [0.25, 0.3) is 0 Å². The van der Waals surface area contributed by atoms with E-state index >= 15 is 0 Å². The van der Waals surface area contributed by atoms with Gasteiger partial charge in [0.1, 0.15) is 11.8 Å². The fourth-order valence-electron chi connectivity index (χ4n) is 2.75. The summed E-state index contributed by atoms with van der Waals surface area (Å²) in [5.74, 6) is -0.142. The van der Waals surface area contributed by atoms with Crippen LogP contribution >= 0.6 is 15.9 Å². The van der Waals surface area contributed by atoms with Crippen molar-refractivity contribution in [1.82, 2.24) is 10.3 Å². The molecule has 1 unspecified atom stereocenters. The Morgan fingerprint density at radius 2 is 2.17 bits per heavy atom. The van der Waals surface area contributed by atoms with Crippen molar-refractivity contribution >= 4 is 27.5 Å². The minimum Gasteiger partial charge on any atom is -0.370 e.